The second-order valence-electron chi connectivity index (χ2n) is 6.00. The summed E-state index contributed by atoms with van der Waals surface area (Å²) in [4.78, 5) is 22.4. The number of nitrogens with zero attached hydrogens (tertiary/aromatic N) is 1. The van der Waals surface area contributed by atoms with Crippen molar-refractivity contribution in [2.45, 2.75) is 25.4 Å². The highest BCUT2D eigenvalue weighted by Crippen LogP contribution is 2.35. The Bertz CT molecular complexity index is 793. The normalized spacial score (nSPS) is 16.4. The number of hydrogen-bond acceptors (Lipinski definition) is 4. The first-order valence-electron chi connectivity index (χ1n) is 8.04. The van der Waals surface area contributed by atoms with Gasteiger partial charge in [0.05, 0.1) is 11.5 Å². The van der Waals surface area contributed by atoms with Gasteiger partial charge in [0.15, 0.2) is 0 Å². The molecule has 25 heavy (non-hydrogen) atoms. The predicted octanol–water partition coefficient (Wildman–Crippen LogP) is 2.96. The number of carbonyl (C=O) groups is 1. The van der Waals surface area contributed by atoms with E-state index in [-0.39, 0.29) is 30.2 Å². The molecule has 2 amide bonds. The summed E-state index contributed by atoms with van der Waals surface area (Å²) in [7, 11) is 0. The molecule has 0 aliphatic carbocycles. The summed E-state index contributed by atoms with van der Waals surface area (Å²) in [6.07, 6.45) is 0. The van der Waals surface area contributed by atoms with Crippen molar-refractivity contribution >= 4 is 11.7 Å². The Morgan fingerprint density at radius 3 is 2.92 bits per heavy atom. The number of rotatable bonds is 5. The number of non-ortho nitro benzene ring substituents is 1. The van der Waals surface area contributed by atoms with Crippen molar-refractivity contribution in [2.24, 2.45) is 0 Å². The van der Waals surface area contributed by atoms with Gasteiger partial charge in [0, 0.05) is 36.2 Å². The molecular weight excluding hydrogens is 322 g/mol. The van der Waals surface area contributed by atoms with Crippen LogP contribution in [0, 0.1) is 10.1 Å². The van der Waals surface area contributed by atoms with Crippen LogP contribution in [0.15, 0.2) is 48.5 Å². The first-order chi connectivity index (χ1) is 12.0. The van der Waals surface area contributed by atoms with Gasteiger partial charge in [-0.2, -0.15) is 0 Å². The molecule has 7 heteroatoms. The zero-order valence-electron chi connectivity index (χ0n) is 13.8. The molecule has 0 spiro atoms. The highest BCUT2D eigenvalue weighted by molar-refractivity contribution is 5.74. The third kappa shape index (κ3) is 3.88. The van der Waals surface area contributed by atoms with Crippen molar-refractivity contribution in [3.63, 3.8) is 0 Å². The van der Waals surface area contributed by atoms with Crippen molar-refractivity contribution in [1.82, 2.24) is 10.6 Å². The standard InChI is InChI=1S/C18H19N3O4/c1-12(16-11-25-17-8-3-2-7-15(16)17)20-18(22)19-10-13-5-4-6-14(9-13)21(23)24/h2-9,12,16H,10-11H2,1H3,(H2,19,20,22)/t12-,16+/m0/s1. The molecule has 0 saturated heterocycles. The van der Waals surface area contributed by atoms with E-state index in [1.54, 1.807) is 12.1 Å². The maximum absolute atomic E-state index is 12.1. The number of nitro benzene ring substituents is 1. The van der Waals surface area contributed by atoms with Gasteiger partial charge in [-0.25, -0.2) is 4.79 Å². The average Bonchev–Trinajstić information content (AvgIpc) is 3.04. The maximum Gasteiger partial charge on any atom is 0.315 e. The van der Waals surface area contributed by atoms with Gasteiger partial charge in [-0.15, -0.1) is 0 Å². The molecule has 0 bridgehead atoms. The van der Waals surface area contributed by atoms with Crippen molar-refractivity contribution in [3.05, 3.63) is 69.8 Å². The summed E-state index contributed by atoms with van der Waals surface area (Å²) in [5, 5.41) is 16.4. The number of fused-ring (bicyclic) bond motifs is 1. The zero-order valence-corrected chi connectivity index (χ0v) is 13.8. The quantitative estimate of drug-likeness (QED) is 0.646. The van der Waals surface area contributed by atoms with Crippen LogP contribution in [-0.2, 0) is 6.54 Å². The number of ether oxygens (including phenoxy) is 1. The van der Waals surface area contributed by atoms with Crippen molar-refractivity contribution in [3.8, 4) is 5.75 Å². The largest absolute Gasteiger partial charge is 0.493 e. The monoisotopic (exact) mass is 341 g/mol. The van der Waals surface area contributed by atoms with Crippen molar-refractivity contribution in [1.29, 1.82) is 0 Å². The Hall–Kier alpha value is -3.09. The van der Waals surface area contributed by atoms with E-state index in [0.29, 0.717) is 12.2 Å². The van der Waals surface area contributed by atoms with Gasteiger partial charge in [0.2, 0.25) is 0 Å². The number of carbonyl (C=O) groups excluding carboxylic acids is 1. The van der Waals surface area contributed by atoms with Crippen LogP contribution in [0.5, 0.6) is 5.75 Å². The van der Waals surface area contributed by atoms with Crippen molar-refractivity contribution < 1.29 is 14.5 Å². The third-order valence-corrected chi connectivity index (χ3v) is 4.27. The highest BCUT2D eigenvalue weighted by Gasteiger charge is 2.29. The Morgan fingerprint density at radius 2 is 2.12 bits per heavy atom. The highest BCUT2D eigenvalue weighted by atomic mass is 16.6. The van der Waals surface area contributed by atoms with Gasteiger partial charge in [0.25, 0.3) is 5.69 Å². The van der Waals surface area contributed by atoms with Gasteiger partial charge < -0.3 is 15.4 Å². The smallest absolute Gasteiger partial charge is 0.315 e. The number of para-hydroxylation sites is 1. The molecule has 1 aliphatic rings. The summed E-state index contributed by atoms with van der Waals surface area (Å²) < 4.78 is 5.64. The van der Waals surface area contributed by atoms with E-state index in [4.69, 9.17) is 4.74 Å². The van der Waals surface area contributed by atoms with E-state index in [2.05, 4.69) is 10.6 Å². The SMILES string of the molecule is C[C@H](NC(=O)NCc1cccc([N+](=O)[O-])c1)[C@H]1COc2ccccc21. The van der Waals surface area contributed by atoms with Crippen LogP contribution in [0.4, 0.5) is 10.5 Å². The summed E-state index contributed by atoms with van der Waals surface area (Å²) in [6, 6.07) is 13.6. The van der Waals surface area contributed by atoms with Gasteiger partial charge in [-0.05, 0) is 18.6 Å². The lowest BCUT2D eigenvalue weighted by atomic mass is 9.94. The molecular formula is C18H19N3O4. The third-order valence-electron chi connectivity index (χ3n) is 4.27. The van der Waals surface area contributed by atoms with Gasteiger partial charge in [-0.3, -0.25) is 10.1 Å². The minimum Gasteiger partial charge on any atom is -0.493 e. The number of hydrogen-bond donors (Lipinski definition) is 2. The fourth-order valence-electron chi connectivity index (χ4n) is 2.92. The molecule has 0 unspecified atom stereocenters. The van der Waals surface area contributed by atoms with Crippen molar-refractivity contribution in [2.75, 3.05) is 6.61 Å². The number of amides is 2. The molecule has 130 valence electrons. The fraction of sp³-hybridized carbons (Fsp3) is 0.278. The summed E-state index contributed by atoms with van der Waals surface area (Å²) >= 11 is 0. The second kappa shape index (κ2) is 7.21. The molecule has 2 atom stereocenters. The number of urea groups is 1. The predicted molar refractivity (Wildman–Crippen MR) is 92.6 cm³/mol. The Balaban J connectivity index is 1.55. The summed E-state index contributed by atoms with van der Waals surface area (Å²) in [6.45, 7) is 2.69. The van der Waals surface area contributed by atoms with E-state index in [1.165, 1.54) is 12.1 Å². The summed E-state index contributed by atoms with van der Waals surface area (Å²) in [5.74, 6) is 0.956. The van der Waals surface area contributed by atoms with Crippen LogP contribution in [0.3, 0.4) is 0 Å². The molecule has 7 nitrogen and oxygen atoms in total. The molecule has 2 aromatic carbocycles. The molecule has 3 rings (SSSR count). The molecule has 1 heterocycles. The molecule has 1 aliphatic heterocycles. The molecule has 0 saturated carbocycles. The second-order valence-corrected chi connectivity index (χ2v) is 6.00. The lowest BCUT2D eigenvalue weighted by molar-refractivity contribution is -0.384. The lowest BCUT2D eigenvalue weighted by Crippen LogP contribution is -2.43. The first kappa shape index (κ1) is 16.8. The zero-order chi connectivity index (χ0) is 17.8. The van der Waals surface area contributed by atoms with Crippen LogP contribution in [0.25, 0.3) is 0 Å². The van der Waals surface area contributed by atoms with E-state index >= 15 is 0 Å². The number of nitrogens with one attached hydrogen (secondary N) is 2. The number of benzene rings is 2. The average molecular weight is 341 g/mol. The van der Waals surface area contributed by atoms with Crippen LogP contribution in [0.1, 0.15) is 24.0 Å². The Labute approximate surface area is 145 Å². The maximum atomic E-state index is 12.1. The topological polar surface area (TPSA) is 93.5 Å². The molecule has 0 radical (unpaired) electrons. The van der Waals surface area contributed by atoms with Crippen LogP contribution in [-0.4, -0.2) is 23.6 Å². The fourth-order valence-corrected chi connectivity index (χ4v) is 2.92. The number of nitro groups is 1. The van der Waals surface area contributed by atoms with E-state index < -0.39 is 4.92 Å². The molecule has 2 N–H and O–H groups in total. The first-order valence-corrected chi connectivity index (χ1v) is 8.04. The van der Waals surface area contributed by atoms with Crippen LogP contribution < -0.4 is 15.4 Å². The van der Waals surface area contributed by atoms with E-state index in [9.17, 15) is 14.9 Å². The van der Waals surface area contributed by atoms with Gasteiger partial charge in [-0.1, -0.05) is 30.3 Å². The minimum atomic E-state index is -0.455. The van der Waals surface area contributed by atoms with Crippen LogP contribution in [0.2, 0.25) is 0 Å². The molecule has 0 aromatic heterocycles. The minimum absolute atomic E-state index is 0.00721. The van der Waals surface area contributed by atoms with Crippen LogP contribution >= 0.6 is 0 Å². The lowest BCUT2D eigenvalue weighted by Gasteiger charge is -2.20. The Kier molecular flexibility index (Phi) is 4.83. The van der Waals surface area contributed by atoms with Gasteiger partial charge >= 0.3 is 6.03 Å². The molecule has 0 fully saturated rings. The van der Waals surface area contributed by atoms with E-state index in [1.807, 2.05) is 31.2 Å². The van der Waals surface area contributed by atoms with E-state index in [0.717, 1.165) is 11.3 Å². The van der Waals surface area contributed by atoms with Gasteiger partial charge in [0.1, 0.15) is 5.75 Å². The molecule has 2 aromatic rings. The summed E-state index contributed by atoms with van der Waals surface area (Å²) in [5.41, 5.74) is 1.77. The Morgan fingerprint density at radius 1 is 1.32 bits per heavy atom.